The molecule has 2 amide bonds. The van der Waals surface area contributed by atoms with Gasteiger partial charge in [-0.3, -0.25) is 20.4 Å². The maximum absolute atomic E-state index is 11.8. The lowest BCUT2D eigenvalue weighted by atomic mass is 10.2. The third kappa shape index (κ3) is 7.91. The number of carbonyl (C=O) groups excluding carboxylic acids is 2. The molecule has 9 heteroatoms. The van der Waals surface area contributed by atoms with Gasteiger partial charge in [0.15, 0.2) is 5.11 Å². The minimum atomic E-state index is -0.418. The summed E-state index contributed by atoms with van der Waals surface area (Å²) < 4.78 is 5.83. The van der Waals surface area contributed by atoms with Crippen LogP contribution in [-0.4, -0.2) is 43.2 Å². The quantitative estimate of drug-likeness (QED) is 0.413. The minimum Gasteiger partial charge on any atom is -0.383 e. The third-order valence-corrected chi connectivity index (χ3v) is 3.37. The molecular formula is C14H19BrN4O3S. The number of nitrogens with one attached hydrogen (secondary N) is 4. The summed E-state index contributed by atoms with van der Waals surface area (Å²) in [7, 11) is 1.59. The van der Waals surface area contributed by atoms with E-state index in [-0.39, 0.29) is 23.6 Å². The number of hydrazine groups is 1. The summed E-state index contributed by atoms with van der Waals surface area (Å²) in [4.78, 5) is 23.5. The van der Waals surface area contributed by atoms with Gasteiger partial charge in [-0.1, -0.05) is 15.9 Å². The van der Waals surface area contributed by atoms with E-state index >= 15 is 0 Å². The van der Waals surface area contributed by atoms with Gasteiger partial charge in [0.25, 0.3) is 11.8 Å². The number of hydrogen-bond donors (Lipinski definition) is 4. The Morgan fingerprint density at radius 3 is 2.52 bits per heavy atom. The molecule has 1 aromatic rings. The molecule has 0 unspecified atom stereocenters. The van der Waals surface area contributed by atoms with E-state index in [0.29, 0.717) is 12.2 Å². The summed E-state index contributed by atoms with van der Waals surface area (Å²) in [5.41, 5.74) is 5.41. The molecule has 126 valence electrons. The second-order valence-corrected chi connectivity index (χ2v) is 6.02. The zero-order chi connectivity index (χ0) is 17.2. The topological polar surface area (TPSA) is 91.5 Å². The molecule has 0 heterocycles. The summed E-state index contributed by atoms with van der Waals surface area (Å²) in [6, 6.07) is 6.83. The summed E-state index contributed by atoms with van der Waals surface area (Å²) in [6.45, 7) is 2.20. The lowest BCUT2D eigenvalue weighted by Crippen LogP contribution is -2.52. The zero-order valence-electron chi connectivity index (χ0n) is 12.8. The van der Waals surface area contributed by atoms with Gasteiger partial charge in [-0.2, -0.15) is 0 Å². The van der Waals surface area contributed by atoms with Crippen LogP contribution in [0.4, 0.5) is 0 Å². The molecule has 0 aliphatic rings. The van der Waals surface area contributed by atoms with Crippen LogP contribution >= 0.6 is 28.1 Å². The molecular weight excluding hydrogens is 384 g/mol. The summed E-state index contributed by atoms with van der Waals surface area (Å²) in [6.07, 6.45) is 0. The number of hydrogen-bond acceptors (Lipinski definition) is 4. The Labute approximate surface area is 148 Å². The average Bonchev–Trinajstić information content (AvgIpc) is 2.51. The molecule has 0 saturated carbocycles. The fraction of sp³-hybridized carbons (Fsp3) is 0.357. The zero-order valence-corrected chi connectivity index (χ0v) is 15.2. The molecule has 4 N–H and O–H groups in total. The maximum atomic E-state index is 11.8. The van der Waals surface area contributed by atoms with Gasteiger partial charge in [0, 0.05) is 23.2 Å². The molecule has 0 saturated heterocycles. The highest BCUT2D eigenvalue weighted by atomic mass is 79.9. The van der Waals surface area contributed by atoms with Crippen molar-refractivity contribution in [3.05, 3.63) is 34.3 Å². The van der Waals surface area contributed by atoms with Crippen LogP contribution in [0.2, 0.25) is 0 Å². The van der Waals surface area contributed by atoms with Crippen molar-refractivity contribution in [3.8, 4) is 0 Å². The Kier molecular flexibility index (Phi) is 8.52. The molecule has 0 radical (unpaired) electrons. The Hall–Kier alpha value is -1.71. The van der Waals surface area contributed by atoms with Crippen molar-refractivity contribution in [3.63, 3.8) is 0 Å². The number of halogens is 1. The fourth-order valence-corrected chi connectivity index (χ4v) is 2.10. The van der Waals surface area contributed by atoms with Crippen LogP contribution in [0.3, 0.4) is 0 Å². The molecule has 0 bridgehead atoms. The van der Waals surface area contributed by atoms with Crippen LogP contribution in [0.15, 0.2) is 28.7 Å². The average molecular weight is 403 g/mol. The van der Waals surface area contributed by atoms with Crippen LogP contribution in [-0.2, 0) is 9.53 Å². The predicted octanol–water partition coefficient (Wildman–Crippen LogP) is 0.709. The molecule has 1 aromatic carbocycles. The van der Waals surface area contributed by atoms with E-state index in [1.165, 1.54) is 0 Å². The number of thiocarbonyl (C=S) groups is 1. The van der Waals surface area contributed by atoms with E-state index in [0.717, 1.165) is 4.47 Å². The van der Waals surface area contributed by atoms with E-state index in [9.17, 15) is 9.59 Å². The maximum Gasteiger partial charge on any atom is 0.257 e. The number of methoxy groups -OCH3 is 1. The van der Waals surface area contributed by atoms with Crippen LogP contribution in [0.25, 0.3) is 0 Å². The van der Waals surface area contributed by atoms with E-state index < -0.39 is 5.91 Å². The predicted molar refractivity (Wildman–Crippen MR) is 94.8 cm³/mol. The Balaban J connectivity index is 2.27. The molecule has 1 atom stereocenters. The number of ether oxygens (including phenoxy) is 1. The number of benzene rings is 1. The highest BCUT2D eigenvalue weighted by Gasteiger charge is 2.08. The SMILES string of the molecule is COC[C@H](C)NC(=S)NNC(=O)CNC(=O)c1ccc(Br)cc1. The van der Waals surface area contributed by atoms with E-state index in [2.05, 4.69) is 37.4 Å². The van der Waals surface area contributed by atoms with Crippen molar-refractivity contribution < 1.29 is 14.3 Å². The van der Waals surface area contributed by atoms with Gasteiger partial charge in [-0.25, -0.2) is 0 Å². The van der Waals surface area contributed by atoms with Crippen molar-refractivity contribution in [2.75, 3.05) is 20.3 Å². The van der Waals surface area contributed by atoms with Gasteiger partial charge < -0.3 is 15.4 Å². The molecule has 1 rings (SSSR count). The molecule has 0 fully saturated rings. The number of amides is 2. The fourth-order valence-electron chi connectivity index (χ4n) is 1.59. The van der Waals surface area contributed by atoms with E-state index in [1.54, 1.807) is 31.4 Å². The second kappa shape index (κ2) is 10.1. The summed E-state index contributed by atoms with van der Waals surface area (Å²) in [5.74, 6) is -0.749. The molecule has 0 aromatic heterocycles. The van der Waals surface area contributed by atoms with Crippen molar-refractivity contribution in [2.45, 2.75) is 13.0 Å². The first-order chi connectivity index (χ1) is 10.9. The molecule has 0 spiro atoms. The van der Waals surface area contributed by atoms with Crippen LogP contribution in [0.5, 0.6) is 0 Å². The number of rotatable bonds is 6. The van der Waals surface area contributed by atoms with Gasteiger partial charge in [0.1, 0.15) is 0 Å². The Bertz CT molecular complexity index is 553. The van der Waals surface area contributed by atoms with Gasteiger partial charge in [-0.05, 0) is 43.4 Å². The van der Waals surface area contributed by atoms with E-state index in [4.69, 9.17) is 17.0 Å². The smallest absolute Gasteiger partial charge is 0.257 e. The first kappa shape index (κ1) is 19.3. The standard InChI is InChI=1S/C14H19BrN4O3S/c1-9(8-22-2)17-14(23)19-18-12(20)7-16-13(21)10-3-5-11(15)6-4-10/h3-6,9H,7-8H2,1-2H3,(H,16,21)(H,18,20)(H2,17,19,23)/t9-/m0/s1. The van der Waals surface area contributed by atoms with Crippen LogP contribution in [0.1, 0.15) is 17.3 Å². The third-order valence-electron chi connectivity index (χ3n) is 2.63. The molecule has 23 heavy (non-hydrogen) atoms. The Morgan fingerprint density at radius 2 is 1.91 bits per heavy atom. The monoisotopic (exact) mass is 402 g/mol. The lowest BCUT2D eigenvalue weighted by Gasteiger charge is -2.16. The molecule has 0 aliphatic heterocycles. The highest BCUT2D eigenvalue weighted by Crippen LogP contribution is 2.10. The van der Waals surface area contributed by atoms with Crippen molar-refractivity contribution in [2.24, 2.45) is 0 Å². The van der Waals surface area contributed by atoms with Gasteiger partial charge in [0.2, 0.25) is 0 Å². The van der Waals surface area contributed by atoms with Crippen molar-refractivity contribution in [1.29, 1.82) is 0 Å². The summed E-state index contributed by atoms with van der Waals surface area (Å²) >= 11 is 8.29. The van der Waals surface area contributed by atoms with Gasteiger partial charge >= 0.3 is 0 Å². The first-order valence-corrected chi connectivity index (χ1v) is 8.00. The highest BCUT2D eigenvalue weighted by molar-refractivity contribution is 9.10. The van der Waals surface area contributed by atoms with Crippen molar-refractivity contribution in [1.82, 2.24) is 21.5 Å². The largest absolute Gasteiger partial charge is 0.383 e. The van der Waals surface area contributed by atoms with Crippen LogP contribution < -0.4 is 21.5 Å². The summed E-state index contributed by atoms with van der Waals surface area (Å²) in [5, 5.41) is 5.70. The minimum absolute atomic E-state index is 0.00834. The second-order valence-electron chi connectivity index (χ2n) is 4.69. The Morgan fingerprint density at radius 1 is 1.26 bits per heavy atom. The molecule has 0 aliphatic carbocycles. The van der Waals surface area contributed by atoms with Crippen molar-refractivity contribution >= 4 is 45.1 Å². The van der Waals surface area contributed by atoms with Gasteiger partial charge in [-0.15, -0.1) is 0 Å². The van der Waals surface area contributed by atoms with Gasteiger partial charge in [0.05, 0.1) is 13.2 Å². The normalized spacial score (nSPS) is 11.3. The lowest BCUT2D eigenvalue weighted by molar-refractivity contribution is -0.120. The van der Waals surface area contributed by atoms with Crippen LogP contribution in [0, 0.1) is 0 Å². The first-order valence-electron chi connectivity index (χ1n) is 6.80. The van der Waals surface area contributed by atoms with E-state index in [1.807, 2.05) is 6.92 Å². The number of carbonyl (C=O) groups is 2. The molecule has 7 nitrogen and oxygen atoms in total.